The van der Waals surface area contributed by atoms with Gasteiger partial charge in [-0.05, 0) is 20.8 Å². The van der Waals surface area contributed by atoms with Crippen LogP contribution in [0.15, 0.2) is 0 Å². The zero-order valence-corrected chi connectivity index (χ0v) is 10.6. The number of aliphatic carboxylic acids is 1. The summed E-state index contributed by atoms with van der Waals surface area (Å²) in [4.78, 5) is 23.4. The van der Waals surface area contributed by atoms with E-state index in [1.807, 2.05) is 0 Å². The van der Waals surface area contributed by atoms with E-state index in [4.69, 9.17) is 5.11 Å². The highest BCUT2D eigenvalue weighted by molar-refractivity contribution is 5.82. The van der Waals surface area contributed by atoms with Gasteiger partial charge in [0.2, 0.25) is 11.4 Å². The van der Waals surface area contributed by atoms with E-state index in [2.05, 4.69) is 0 Å². The topological polar surface area (TPSA) is 69.6 Å². The molecule has 1 unspecified atom stereocenters. The molecule has 1 atom stereocenters. The van der Waals surface area contributed by atoms with Crippen molar-refractivity contribution >= 4 is 11.9 Å². The Hall–Kier alpha value is -1.31. The number of rotatable bonds is 5. The maximum absolute atomic E-state index is 12.6. The van der Waals surface area contributed by atoms with Gasteiger partial charge in [0.1, 0.15) is 0 Å². The first-order chi connectivity index (χ1) is 7.93. The van der Waals surface area contributed by atoms with Gasteiger partial charge in [-0.15, -0.1) is 0 Å². The van der Waals surface area contributed by atoms with Gasteiger partial charge < -0.3 is 10.0 Å². The molecule has 106 valence electrons. The predicted molar refractivity (Wildman–Crippen MR) is 58.0 cm³/mol. The molecule has 0 aromatic carbocycles. The SMILES string of the molecule is CC(C)N(C)C(=O)CNC(C)(C(=O)O)C(F)(F)F. The minimum Gasteiger partial charge on any atom is -0.480 e. The van der Waals surface area contributed by atoms with E-state index in [-0.39, 0.29) is 6.04 Å². The molecule has 0 spiro atoms. The summed E-state index contributed by atoms with van der Waals surface area (Å²) in [6.45, 7) is 3.17. The molecule has 1 amide bonds. The lowest BCUT2D eigenvalue weighted by Crippen LogP contribution is -2.62. The van der Waals surface area contributed by atoms with E-state index in [1.54, 1.807) is 19.2 Å². The Bertz CT molecular complexity index is 331. The minimum atomic E-state index is -4.99. The summed E-state index contributed by atoms with van der Waals surface area (Å²) in [6.07, 6.45) is -4.99. The molecule has 0 aliphatic rings. The Kier molecular flexibility index (Phi) is 5.15. The van der Waals surface area contributed by atoms with Crippen molar-refractivity contribution in [3.05, 3.63) is 0 Å². The minimum absolute atomic E-state index is 0.179. The number of nitrogens with zero attached hydrogens (tertiary/aromatic N) is 1. The van der Waals surface area contributed by atoms with Crippen LogP contribution in [0.25, 0.3) is 0 Å². The number of nitrogens with one attached hydrogen (secondary N) is 1. The first-order valence-electron chi connectivity index (χ1n) is 5.24. The van der Waals surface area contributed by atoms with Crippen LogP contribution in [0.4, 0.5) is 13.2 Å². The van der Waals surface area contributed by atoms with Crippen LogP contribution in [0.1, 0.15) is 20.8 Å². The van der Waals surface area contributed by atoms with Crippen molar-refractivity contribution in [2.75, 3.05) is 13.6 Å². The predicted octanol–water partition coefficient (Wildman–Crippen LogP) is 0.848. The molecular formula is C10H17F3N2O3. The van der Waals surface area contributed by atoms with Crippen molar-refractivity contribution in [2.24, 2.45) is 0 Å². The van der Waals surface area contributed by atoms with Crippen molar-refractivity contribution in [1.82, 2.24) is 10.2 Å². The fraction of sp³-hybridized carbons (Fsp3) is 0.800. The number of carboxylic acids is 1. The number of hydrogen-bond acceptors (Lipinski definition) is 3. The summed E-state index contributed by atoms with van der Waals surface area (Å²) >= 11 is 0. The summed E-state index contributed by atoms with van der Waals surface area (Å²) in [5, 5.41) is 10.4. The average molecular weight is 270 g/mol. The van der Waals surface area contributed by atoms with Crippen molar-refractivity contribution in [3.63, 3.8) is 0 Å². The van der Waals surface area contributed by atoms with Gasteiger partial charge in [-0.1, -0.05) is 0 Å². The van der Waals surface area contributed by atoms with E-state index in [1.165, 1.54) is 11.9 Å². The van der Waals surface area contributed by atoms with Gasteiger partial charge in [0, 0.05) is 13.1 Å². The van der Waals surface area contributed by atoms with Crippen molar-refractivity contribution in [2.45, 2.75) is 38.5 Å². The van der Waals surface area contributed by atoms with Crippen molar-refractivity contribution < 1.29 is 27.9 Å². The van der Waals surface area contributed by atoms with E-state index in [9.17, 15) is 22.8 Å². The quantitative estimate of drug-likeness (QED) is 0.777. The third-order valence-corrected chi connectivity index (χ3v) is 2.76. The second kappa shape index (κ2) is 5.55. The number of alkyl halides is 3. The Morgan fingerprint density at radius 3 is 2.06 bits per heavy atom. The number of likely N-dealkylation sites (N-methyl/N-ethyl adjacent to an activating group) is 1. The molecule has 18 heavy (non-hydrogen) atoms. The van der Waals surface area contributed by atoms with E-state index in [0.29, 0.717) is 6.92 Å². The first kappa shape index (κ1) is 16.7. The van der Waals surface area contributed by atoms with Crippen LogP contribution in [-0.4, -0.2) is 53.2 Å². The largest absolute Gasteiger partial charge is 0.480 e. The van der Waals surface area contributed by atoms with Crippen LogP contribution in [0.3, 0.4) is 0 Å². The molecule has 0 aliphatic heterocycles. The van der Waals surface area contributed by atoms with Crippen LogP contribution in [0.2, 0.25) is 0 Å². The number of hydrogen-bond donors (Lipinski definition) is 2. The van der Waals surface area contributed by atoms with Crippen molar-refractivity contribution in [1.29, 1.82) is 0 Å². The van der Waals surface area contributed by atoms with Crippen LogP contribution < -0.4 is 5.32 Å². The van der Waals surface area contributed by atoms with Gasteiger partial charge in [-0.3, -0.25) is 10.1 Å². The number of carbonyl (C=O) groups excluding carboxylic acids is 1. The van der Waals surface area contributed by atoms with Gasteiger partial charge >= 0.3 is 12.1 Å². The number of amides is 1. The normalized spacial score (nSPS) is 15.3. The Morgan fingerprint density at radius 2 is 1.78 bits per heavy atom. The fourth-order valence-corrected chi connectivity index (χ4v) is 0.962. The van der Waals surface area contributed by atoms with Gasteiger partial charge in [-0.2, -0.15) is 13.2 Å². The summed E-state index contributed by atoms with van der Waals surface area (Å²) < 4.78 is 37.8. The molecule has 0 saturated heterocycles. The zero-order valence-electron chi connectivity index (χ0n) is 10.6. The van der Waals surface area contributed by atoms with Crippen molar-refractivity contribution in [3.8, 4) is 0 Å². The van der Waals surface area contributed by atoms with E-state index in [0.717, 1.165) is 0 Å². The molecule has 0 bridgehead atoms. The molecule has 0 saturated carbocycles. The Balaban J connectivity index is 4.77. The average Bonchev–Trinajstić information content (AvgIpc) is 2.21. The third-order valence-electron chi connectivity index (χ3n) is 2.76. The number of halogens is 3. The van der Waals surface area contributed by atoms with Gasteiger partial charge in [0.25, 0.3) is 0 Å². The van der Waals surface area contributed by atoms with E-state index < -0.39 is 30.1 Å². The van der Waals surface area contributed by atoms with Crippen LogP contribution in [-0.2, 0) is 9.59 Å². The molecular weight excluding hydrogens is 253 g/mol. The summed E-state index contributed by atoms with van der Waals surface area (Å²) in [6, 6.07) is -0.179. The maximum Gasteiger partial charge on any atom is 0.417 e. The summed E-state index contributed by atoms with van der Waals surface area (Å²) in [5.74, 6) is -2.68. The van der Waals surface area contributed by atoms with E-state index >= 15 is 0 Å². The lowest BCUT2D eigenvalue weighted by Gasteiger charge is -2.30. The molecule has 2 N–H and O–H groups in total. The molecule has 0 aliphatic carbocycles. The fourth-order valence-electron chi connectivity index (χ4n) is 0.962. The molecule has 0 rings (SSSR count). The van der Waals surface area contributed by atoms with Gasteiger partial charge in [0.05, 0.1) is 6.54 Å². The number of carboxylic acid groups (broad SMARTS) is 1. The second-order valence-electron chi connectivity index (χ2n) is 4.38. The second-order valence-corrected chi connectivity index (χ2v) is 4.38. The highest BCUT2D eigenvalue weighted by atomic mass is 19.4. The first-order valence-corrected chi connectivity index (χ1v) is 5.24. The molecule has 0 fully saturated rings. The van der Waals surface area contributed by atoms with Crippen LogP contribution >= 0.6 is 0 Å². The smallest absolute Gasteiger partial charge is 0.417 e. The standard InChI is InChI=1S/C10H17F3N2O3/c1-6(2)15(4)7(16)5-14-9(3,8(17)18)10(11,12)13/h6,14H,5H2,1-4H3,(H,17,18). The molecule has 0 aromatic heterocycles. The lowest BCUT2D eigenvalue weighted by molar-refractivity contribution is -0.205. The number of carbonyl (C=O) groups is 2. The third kappa shape index (κ3) is 3.59. The highest BCUT2D eigenvalue weighted by Crippen LogP contribution is 2.30. The van der Waals surface area contributed by atoms with Crippen LogP contribution in [0, 0.1) is 0 Å². The molecule has 0 radical (unpaired) electrons. The Labute approximate surface area is 103 Å². The molecule has 0 heterocycles. The highest BCUT2D eigenvalue weighted by Gasteiger charge is 2.57. The lowest BCUT2D eigenvalue weighted by atomic mass is 10.0. The molecule has 0 aromatic rings. The monoisotopic (exact) mass is 270 g/mol. The van der Waals surface area contributed by atoms with Gasteiger partial charge in [0.15, 0.2) is 0 Å². The zero-order chi connectivity index (χ0) is 14.7. The summed E-state index contributed by atoms with van der Waals surface area (Å²) in [5.41, 5.74) is -3.14. The summed E-state index contributed by atoms with van der Waals surface area (Å²) in [7, 11) is 1.43. The van der Waals surface area contributed by atoms with Crippen LogP contribution in [0.5, 0.6) is 0 Å². The maximum atomic E-state index is 12.6. The molecule has 5 nitrogen and oxygen atoms in total. The Morgan fingerprint density at radius 1 is 1.33 bits per heavy atom. The van der Waals surface area contributed by atoms with Gasteiger partial charge in [-0.25, -0.2) is 4.79 Å². The molecule has 8 heteroatoms.